The first kappa shape index (κ1) is 30.9. The number of nitrogens with one attached hydrogen (secondary N) is 2. The molecule has 0 bridgehead atoms. The van der Waals surface area contributed by atoms with Crippen molar-refractivity contribution in [1.29, 1.82) is 0 Å². The zero-order valence-electron chi connectivity index (χ0n) is 25.9. The van der Waals surface area contributed by atoms with Crippen LogP contribution in [0.5, 0.6) is 11.6 Å². The van der Waals surface area contributed by atoms with Gasteiger partial charge in [0.2, 0.25) is 17.6 Å². The van der Waals surface area contributed by atoms with E-state index in [9.17, 15) is 18.0 Å². The van der Waals surface area contributed by atoms with Gasteiger partial charge in [0.1, 0.15) is 18.1 Å². The fourth-order valence-electron chi connectivity index (χ4n) is 6.60. The summed E-state index contributed by atoms with van der Waals surface area (Å²) in [6.07, 6.45) is -1.08. The number of amides is 1. The maximum absolute atomic E-state index is 14.2. The molecule has 7 rings (SSSR count). The highest BCUT2D eigenvalue weighted by Gasteiger charge is 2.40. The Hall–Kier alpha value is -4.69. The van der Waals surface area contributed by atoms with Crippen molar-refractivity contribution >= 4 is 27.8 Å². The monoisotopic (exact) mass is 649 g/mol. The Morgan fingerprint density at radius 1 is 1.06 bits per heavy atom. The molecular formula is C33H34F3N7O4. The van der Waals surface area contributed by atoms with Crippen LogP contribution in [0.25, 0.3) is 33.2 Å². The van der Waals surface area contributed by atoms with Crippen molar-refractivity contribution in [1.82, 2.24) is 34.7 Å². The topological polar surface area (TPSA) is 119 Å². The number of carbonyl (C=O) groups is 1. The number of nitrogens with zero attached hydrogens (tertiary/aromatic N) is 5. The Labute approximate surface area is 268 Å². The van der Waals surface area contributed by atoms with Crippen LogP contribution >= 0.6 is 0 Å². The first-order chi connectivity index (χ1) is 22.7. The van der Waals surface area contributed by atoms with Gasteiger partial charge in [0, 0.05) is 36.7 Å². The summed E-state index contributed by atoms with van der Waals surface area (Å²) in [6, 6.07) is 13.8. The van der Waals surface area contributed by atoms with Gasteiger partial charge in [-0.1, -0.05) is 18.2 Å². The lowest BCUT2D eigenvalue weighted by Crippen LogP contribution is -2.50. The molecule has 2 aliphatic heterocycles. The third-order valence-electron chi connectivity index (χ3n) is 8.91. The minimum absolute atomic E-state index is 0.0465. The molecule has 47 heavy (non-hydrogen) atoms. The summed E-state index contributed by atoms with van der Waals surface area (Å²) in [6.45, 7) is 1.07. The smallest absolute Gasteiger partial charge is 0.449 e. The average molecular weight is 650 g/mol. The number of imidazole rings is 2. The summed E-state index contributed by atoms with van der Waals surface area (Å²) in [4.78, 5) is 32.2. The highest BCUT2D eigenvalue weighted by atomic mass is 19.4. The Kier molecular flexibility index (Phi) is 8.22. The third-order valence-corrected chi connectivity index (χ3v) is 8.91. The van der Waals surface area contributed by atoms with E-state index in [4.69, 9.17) is 19.2 Å². The van der Waals surface area contributed by atoms with Crippen molar-refractivity contribution in [3.8, 4) is 22.9 Å². The van der Waals surface area contributed by atoms with Crippen molar-refractivity contribution in [3.05, 3.63) is 66.4 Å². The van der Waals surface area contributed by atoms with Gasteiger partial charge in [-0.25, -0.2) is 15.0 Å². The van der Waals surface area contributed by atoms with Gasteiger partial charge in [-0.3, -0.25) is 4.79 Å². The molecule has 2 saturated heterocycles. The minimum atomic E-state index is -4.77. The van der Waals surface area contributed by atoms with Crippen LogP contribution in [0, 0.1) is 0 Å². The Bertz CT molecular complexity index is 1920. The molecule has 0 saturated carbocycles. The molecule has 0 spiro atoms. The molecule has 2 aromatic carbocycles. The number of aromatic nitrogens is 5. The number of halogens is 3. The molecule has 2 aliphatic rings. The first-order valence-corrected chi connectivity index (χ1v) is 15.5. The summed E-state index contributed by atoms with van der Waals surface area (Å²) in [5.74, 6) is -0.320. The number of para-hydroxylation sites is 1. The highest BCUT2D eigenvalue weighted by molar-refractivity contribution is 5.85. The van der Waals surface area contributed by atoms with Crippen molar-refractivity contribution in [2.75, 3.05) is 34.0 Å². The standard InChI is InChI=1S/C33H34F3N7O4/c1-45-22-7-8-25-27(15-22)43(32(41-25)33(34,35)36)17-29(44)42-11-9-20(38-21-10-12-47-18-21)14-28(42)30-37-16-26(39-30)23-13-19-5-3-4-6-24(19)40-31(23)46-2/h3-8,13,15-16,20-21,28,38H,9-12,14,17-18H2,1-2H3,(H,37,39)/t20-,21-,28-/m0/s1. The fourth-order valence-corrected chi connectivity index (χ4v) is 6.60. The summed E-state index contributed by atoms with van der Waals surface area (Å²) < 4.78 is 59.9. The number of fused-ring (bicyclic) bond motifs is 2. The van der Waals surface area contributed by atoms with Gasteiger partial charge in [-0.15, -0.1) is 0 Å². The van der Waals surface area contributed by atoms with Crippen LogP contribution in [0.2, 0.25) is 0 Å². The van der Waals surface area contributed by atoms with Gasteiger partial charge < -0.3 is 34.0 Å². The van der Waals surface area contributed by atoms with Crippen LogP contribution in [0.15, 0.2) is 54.7 Å². The Morgan fingerprint density at radius 3 is 2.68 bits per heavy atom. The molecule has 5 aromatic rings. The van der Waals surface area contributed by atoms with Crippen LogP contribution < -0.4 is 14.8 Å². The van der Waals surface area contributed by atoms with Crippen LogP contribution in [-0.4, -0.2) is 81.4 Å². The zero-order valence-corrected chi connectivity index (χ0v) is 25.9. The van der Waals surface area contributed by atoms with Gasteiger partial charge in [-0.05, 0) is 43.5 Å². The number of hydrogen-bond donors (Lipinski definition) is 2. The molecule has 0 aliphatic carbocycles. The van der Waals surface area contributed by atoms with E-state index >= 15 is 0 Å². The van der Waals surface area contributed by atoms with Gasteiger partial charge in [0.15, 0.2) is 0 Å². The number of ether oxygens (including phenoxy) is 3. The van der Waals surface area contributed by atoms with E-state index in [1.165, 1.54) is 19.2 Å². The number of benzene rings is 2. The zero-order chi connectivity index (χ0) is 32.7. The normalized spacial score (nSPS) is 20.3. The van der Waals surface area contributed by atoms with Crippen LogP contribution in [0.4, 0.5) is 13.2 Å². The molecule has 1 amide bonds. The Morgan fingerprint density at radius 2 is 1.91 bits per heavy atom. The van der Waals surface area contributed by atoms with E-state index in [0.29, 0.717) is 61.3 Å². The molecule has 2 fully saturated rings. The van der Waals surface area contributed by atoms with E-state index in [2.05, 4.69) is 20.3 Å². The van der Waals surface area contributed by atoms with Gasteiger partial charge in [0.25, 0.3) is 0 Å². The predicted molar refractivity (Wildman–Crippen MR) is 167 cm³/mol. The third kappa shape index (κ3) is 6.10. The lowest BCUT2D eigenvalue weighted by molar-refractivity contribution is -0.148. The molecule has 5 heterocycles. The summed E-state index contributed by atoms with van der Waals surface area (Å²) in [5.41, 5.74) is 2.41. The van der Waals surface area contributed by atoms with Gasteiger partial charge in [0.05, 0.1) is 60.9 Å². The van der Waals surface area contributed by atoms with Gasteiger partial charge >= 0.3 is 6.18 Å². The minimum Gasteiger partial charge on any atom is -0.497 e. The number of piperidine rings is 1. The maximum Gasteiger partial charge on any atom is 0.449 e. The second-order valence-electron chi connectivity index (χ2n) is 11.8. The van der Waals surface area contributed by atoms with Crippen molar-refractivity contribution in [3.63, 3.8) is 0 Å². The number of aromatic amines is 1. The molecule has 3 atom stereocenters. The molecule has 0 unspecified atom stereocenters. The van der Waals surface area contributed by atoms with E-state index in [-0.39, 0.29) is 23.1 Å². The van der Waals surface area contributed by atoms with Gasteiger partial charge in [-0.2, -0.15) is 13.2 Å². The second-order valence-corrected chi connectivity index (χ2v) is 11.8. The fraction of sp³-hybridized carbons (Fsp3) is 0.394. The largest absolute Gasteiger partial charge is 0.497 e. The molecule has 2 N–H and O–H groups in total. The second kappa shape index (κ2) is 12.5. The number of alkyl halides is 3. The van der Waals surface area contributed by atoms with Crippen LogP contribution in [0.3, 0.4) is 0 Å². The van der Waals surface area contributed by atoms with Crippen molar-refractivity contribution in [2.45, 2.75) is 50.1 Å². The Balaban J connectivity index is 1.23. The average Bonchev–Trinajstić information content (AvgIpc) is 3.85. The van der Waals surface area contributed by atoms with Crippen LogP contribution in [0.1, 0.15) is 37.0 Å². The first-order valence-electron chi connectivity index (χ1n) is 15.5. The molecule has 0 radical (unpaired) electrons. The summed E-state index contributed by atoms with van der Waals surface area (Å²) >= 11 is 0. The molecule has 11 nitrogen and oxygen atoms in total. The highest BCUT2D eigenvalue weighted by Crippen LogP contribution is 2.37. The van der Waals surface area contributed by atoms with Crippen molar-refractivity contribution in [2.24, 2.45) is 0 Å². The molecule has 3 aromatic heterocycles. The number of pyridine rings is 1. The number of H-pyrrole nitrogens is 1. The maximum atomic E-state index is 14.2. The lowest BCUT2D eigenvalue weighted by atomic mass is 9.95. The van der Waals surface area contributed by atoms with E-state index in [1.807, 2.05) is 30.3 Å². The molecule has 14 heteroatoms. The number of likely N-dealkylation sites (tertiary alicyclic amines) is 1. The number of carbonyl (C=O) groups excluding carboxylic acids is 1. The van der Waals surface area contributed by atoms with E-state index in [1.54, 1.807) is 24.3 Å². The number of methoxy groups -OCH3 is 2. The SMILES string of the molecule is COc1ccc2nc(C(F)(F)F)n(CC(=O)N3CC[C@H](N[C@H]4CCOC4)C[C@H]3c3ncc(-c4cc5ccccc5nc4OC)[nH]3)c2c1. The number of hydrogen-bond acceptors (Lipinski definition) is 8. The molecule has 246 valence electrons. The molecular weight excluding hydrogens is 615 g/mol. The van der Waals surface area contributed by atoms with E-state index in [0.717, 1.165) is 21.9 Å². The quantitative estimate of drug-likeness (QED) is 0.238. The van der Waals surface area contributed by atoms with E-state index < -0.39 is 30.5 Å². The number of rotatable bonds is 8. The van der Waals surface area contributed by atoms with Crippen LogP contribution in [-0.2, 0) is 22.3 Å². The summed E-state index contributed by atoms with van der Waals surface area (Å²) in [7, 11) is 2.98. The van der Waals surface area contributed by atoms with Crippen molar-refractivity contribution < 1.29 is 32.2 Å². The summed E-state index contributed by atoms with van der Waals surface area (Å²) in [5, 5.41) is 4.57. The lowest BCUT2D eigenvalue weighted by Gasteiger charge is -2.40. The predicted octanol–water partition coefficient (Wildman–Crippen LogP) is 5.12.